The zero-order chi connectivity index (χ0) is 16.7. The largest absolute Gasteiger partial charge is 1.00 e. The van der Waals surface area contributed by atoms with Crippen molar-refractivity contribution in [3.63, 3.8) is 0 Å². The quantitative estimate of drug-likeness (QED) is 0.533. The van der Waals surface area contributed by atoms with Gasteiger partial charge in [-0.3, -0.25) is 9.59 Å². The second-order valence-corrected chi connectivity index (χ2v) is 6.22. The number of fused-ring (bicyclic) bond motifs is 1. The van der Waals surface area contributed by atoms with Gasteiger partial charge in [0.2, 0.25) is 11.5 Å². The van der Waals surface area contributed by atoms with Crippen LogP contribution in [0.15, 0.2) is 38.9 Å². The number of benzene rings is 1. The molecule has 0 aliphatic rings. The number of carboxylic acids is 1. The van der Waals surface area contributed by atoms with Crippen molar-refractivity contribution in [2.24, 2.45) is 0 Å². The molecule has 0 bridgehead atoms. The van der Waals surface area contributed by atoms with Crippen molar-refractivity contribution >= 4 is 57.3 Å². The molecule has 116 valence electrons. The third-order valence-corrected chi connectivity index (χ3v) is 4.82. The smallest absolute Gasteiger partial charge is 0.475 e. The maximum Gasteiger partial charge on any atom is 1.00 e. The predicted molar refractivity (Wildman–Crippen MR) is 87.2 cm³/mol. The van der Waals surface area contributed by atoms with Crippen LogP contribution in [-0.2, 0) is 0 Å². The number of carbonyl (C=O) groups is 2. The number of ketones is 1. The third kappa shape index (κ3) is 3.31. The molecule has 0 fully saturated rings. The minimum absolute atomic E-state index is 0. The molecule has 3 rings (SSSR count). The minimum Gasteiger partial charge on any atom is -0.475 e. The molecular formula is C15H6Cl2NaO5S+. The van der Waals surface area contributed by atoms with Crippen molar-refractivity contribution in [3.8, 4) is 0 Å². The summed E-state index contributed by atoms with van der Waals surface area (Å²) in [5.74, 6) is -2.34. The Balaban J connectivity index is 0.00000208. The predicted octanol–water partition coefficient (Wildman–Crippen LogP) is 1.09. The average molecular weight is 392 g/mol. The number of aromatic carboxylic acids is 1. The Hall–Kier alpha value is -1.15. The number of carbonyl (C=O) groups excluding carboxylic acids is 1. The van der Waals surface area contributed by atoms with E-state index in [0.717, 1.165) is 6.07 Å². The van der Waals surface area contributed by atoms with Gasteiger partial charge in [0, 0.05) is 11.6 Å². The van der Waals surface area contributed by atoms with Gasteiger partial charge in [-0.1, -0.05) is 29.3 Å². The van der Waals surface area contributed by atoms with Gasteiger partial charge in [-0.05, 0) is 17.5 Å². The molecule has 3 aromatic rings. The molecule has 0 unspecified atom stereocenters. The molecule has 0 saturated heterocycles. The number of thiophene rings is 1. The van der Waals surface area contributed by atoms with Crippen LogP contribution in [0.5, 0.6) is 0 Å². The normalized spacial score (nSPS) is 10.4. The molecule has 24 heavy (non-hydrogen) atoms. The molecular weight excluding hydrogens is 386 g/mol. The first-order valence-electron chi connectivity index (χ1n) is 6.17. The van der Waals surface area contributed by atoms with Gasteiger partial charge in [0.25, 0.3) is 0 Å². The van der Waals surface area contributed by atoms with Crippen LogP contribution in [0.25, 0.3) is 11.0 Å². The standard InChI is InChI=1S/C15H6Cl2O5S.Na/c16-11-7(13(19)10-2-1-3-23-10)4-6-8(18)5-9(15(20)21)22-14(6)12(11)17;/h1-5H,(H,20,21);/q;+1. The SMILES string of the molecule is O=C(O)c1cc(=O)c2cc(C(=O)c3cccs3)c(Cl)c(Cl)c2o1.[Na+]. The summed E-state index contributed by atoms with van der Waals surface area (Å²) in [6, 6.07) is 5.43. The van der Waals surface area contributed by atoms with Crippen molar-refractivity contribution < 1.29 is 48.7 Å². The molecule has 9 heteroatoms. The molecule has 0 amide bonds. The number of hydrogen-bond acceptors (Lipinski definition) is 5. The first kappa shape index (κ1) is 19.2. The van der Waals surface area contributed by atoms with Crippen LogP contribution >= 0.6 is 34.5 Å². The van der Waals surface area contributed by atoms with E-state index in [4.69, 9.17) is 32.7 Å². The van der Waals surface area contributed by atoms with Crippen LogP contribution in [0.3, 0.4) is 0 Å². The van der Waals surface area contributed by atoms with E-state index in [0.29, 0.717) is 4.88 Å². The number of carboxylic acid groups (broad SMARTS) is 1. The van der Waals surface area contributed by atoms with Crippen molar-refractivity contribution in [2.45, 2.75) is 0 Å². The Morgan fingerprint density at radius 3 is 2.46 bits per heavy atom. The van der Waals surface area contributed by atoms with E-state index >= 15 is 0 Å². The molecule has 0 aliphatic heterocycles. The van der Waals surface area contributed by atoms with Crippen LogP contribution in [0.2, 0.25) is 10.0 Å². The van der Waals surface area contributed by atoms with Crippen molar-refractivity contribution in [2.75, 3.05) is 0 Å². The van der Waals surface area contributed by atoms with E-state index in [1.54, 1.807) is 17.5 Å². The molecule has 0 saturated carbocycles. The molecule has 0 radical (unpaired) electrons. The molecule has 5 nitrogen and oxygen atoms in total. The van der Waals surface area contributed by atoms with Gasteiger partial charge in [0.05, 0.1) is 15.3 Å². The molecule has 2 heterocycles. The summed E-state index contributed by atoms with van der Waals surface area (Å²) in [5.41, 5.74) is -0.728. The number of rotatable bonds is 3. The van der Waals surface area contributed by atoms with E-state index in [1.807, 2.05) is 0 Å². The molecule has 0 atom stereocenters. The summed E-state index contributed by atoms with van der Waals surface area (Å²) >= 11 is 13.4. The second kappa shape index (κ2) is 7.39. The Morgan fingerprint density at radius 1 is 1.17 bits per heavy atom. The maximum absolute atomic E-state index is 12.5. The maximum atomic E-state index is 12.5. The third-order valence-electron chi connectivity index (χ3n) is 3.10. The summed E-state index contributed by atoms with van der Waals surface area (Å²) in [5, 5.41) is 10.4. The van der Waals surface area contributed by atoms with Crippen LogP contribution in [0, 0.1) is 0 Å². The van der Waals surface area contributed by atoms with E-state index in [1.165, 1.54) is 17.4 Å². The van der Waals surface area contributed by atoms with E-state index < -0.39 is 17.2 Å². The average Bonchev–Trinajstić information content (AvgIpc) is 3.04. The summed E-state index contributed by atoms with van der Waals surface area (Å²) in [4.78, 5) is 35.9. The summed E-state index contributed by atoms with van der Waals surface area (Å²) in [6.45, 7) is 0. The Morgan fingerprint density at radius 2 is 1.88 bits per heavy atom. The Labute approximate surface area is 171 Å². The van der Waals surface area contributed by atoms with E-state index in [2.05, 4.69) is 0 Å². The number of halogens is 2. The summed E-state index contributed by atoms with van der Waals surface area (Å²) in [6.07, 6.45) is 0. The van der Waals surface area contributed by atoms with Gasteiger partial charge < -0.3 is 9.52 Å². The fraction of sp³-hybridized carbons (Fsp3) is 0. The van der Waals surface area contributed by atoms with E-state index in [-0.39, 0.29) is 61.9 Å². The first-order chi connectivity index (χ1) is 10.9. The van der Waals surface area contributed by atoms with E-state index in [9.17, 15) is 14.4 Å². The van der Waals surface area contributed by atoms with Crippen LogP contribution < -0.4 is 35.0 Å². The van der Waals surface area contributed by atoms with Gasteiger partial charge in [0.15, 0.2) is 11.0 Å². The molecule has 2 aromatic heterocycles. The van der Waals surface area contributed by atoms with Gasteiger partial charge in [-0.2, -0.15) is 0 Å². The molecule has 0 aliphatic carbocycles. The fourth-order valence-corrected chi connectivity index (χ4v) is 3.19. The van der Waals surface area contributed by atoms with Gasteiger partial charge in [-0.15, -0.1) is 11.3 Å². The van der Waals surface area contributed by atoms with Crippen LogP contribution in [0.1, 0.15) is 25.8 Å². The van der Waals surface area contributed by atoms with Crippen molar-refractivity contribution in [1.29, 1.82) is 0 Å². The zero-order valence-electron chi connectivity index (χ0n) is 12.1. The zero-order valence-corrected chi connectivity index (χ0v) is 16.5. The molecule has 0 spiro atoms. The summed E-state index contributed by atoms with van der Waals surface area (Å²) in [7, 11) is 0. The monoisotopic (exact) mass is 391 g/mol. The van der Waals surface area contributed by atoms with Crippen molar-refractivity contribution in [3.05, 3.63) is 66.1 Å². The topological polar surface area (TPSA) is 84.6 Å². The minimum atomic E-state index is -1.41. The first-order valence-corrected chi connectivity index (χ1v) is 7.81. The van der Waals surface area contributed by atoms with Crippen molar-refractivity contribution in [1.82, 2.24) is 0 Å². The number of hydrogen-bond donors (Lipinski definition) is 1. The van der Waals surface area contributed by atoms with Gasteiger partial charge >= 0.3 is 35.5 Å². The van der Waals surface area contributed by atoms with Gasteiger partial charge in [-0.25, -0.2) is 4.79 Å². The Bertz CT molecular complexity index is 1010. The Kier molecular flexibility index (Phi) is 5.91. The fourth-order valence-electron chi connectivity index (χ4n) is 2.04. The molecule has 1 N–H and O–H groups in total. The summed E-state index contributed by atoms with van der Waals surface area (Å²) < 4.78 is 5.12. The van der Waals surface area contributed by atoms with Crippen LogP contribution in [0.4, 0.5) is 0 Å². The molecule has 1 aromatic carbocycles. The van der Waals surface area contributed by atoms with Crippen LogP contribution in [-0.4, -0.2) is 16.9 Å². The van der Waals surface area contributed by atoms with Gasteiger partial charge in [0.1, 0.15) is 5.02 Å². The second-order valence-electron chi connectivity index (χ2n) is 4.52.